The summed E-state index contributed by atoms with van der Waals surface area (Å²) in [6.07, 6.45) is -0.651. The van der Waals surface area contributed by atoms with Gasteiger partial charge in [-0.3, -0.25) is 0 Å². The molecule has 0 bridgehead atoms. The van der Waals surface area contributed by atoms with Gasteiger partial charge >= 0.3 is 6.18 Å². The molecule has 0 aliphatic carbocycles. The van der Waals surface area contributed by atoms with Gasteiger partial charge in [0.1, 0.15) is 5.82 Å². The molecule has 0 saturated carbocycles. The quantitative estimate of drug-likeness (QED) is 0.604. The Kier molecular flexibility index (Phi) is 5.64. The molecule has 0 saturated heterocycles. The third-order valence-corrected chi connectivity index (χ3v) is 2.12. The van der Waals surface area contributed by atoms with Crippen LogP contribution in [0.4, 0.5) is 19.0 Å². The van der Waals surface area contributed by atoms with E-state index in [0.717, 1.165) is 12.5 Å². The van der Waals surface area contributed by atoms with Gasteiger partial charge in [0.15, 0.2) is 0 Å². The number of pyridine rings is 1. The lowest BCUT2D eigenvalue weighted by molar-refractivity contribution is -0.137. The van der Waals surface area contributed by atoms with Crippen LogP contribution >= 0.6 is 0 Å². The summed E-state index contributed by atoms with van der Waals surface area (Å²) in [5, 5.41) is 2.61. The van der Waals surface area contributed by atoms with Crippen LogP contribution in [0.5, 0.6) is 0 Å². The van der Waals surface area contributed by atoms with E-state index in [1.54, 1.807) is 6.08 Å². The van der Waals surface area contributed by atoms with Crippen LogP contribution in [-0.2, 0) is 10.9 Å². The van der Waals surface area contributed by atoms with Gasteiger partial charge in [-0.2, -0.15) is 13.2 Å². The summed E-state index contributed by atoms with van der Waals surface area (Å²) in [6, 6.07) is 2.25. The number of hydrogen-bond acceptors (Lipinski definition) is 3. The van der Waals surface area contributed by atoms with Gasteiger partial charge in [0.05, 0.1) is 18.8 Å². The highest BCUT2D eigenvalue weighted by molar-refractivity contribution is 5.45. The van der Waals surface area contributed by atoms with Crippen LogP contribution in [0.15, 0.2) is 31.0 Å². The fourth-order valence-corrected chi connectivity index (χ4v) is 1.29. The number of rotatable bonds is 7. The number of ether oxygens (including phenoxy) is 1. The minimum Gasteiger partial charge on any atom is -0.379 e. The first-order valence-corrected chi connectivity index (χ1v) is 5.50. The van der Waals surface area contributed by atoms with Gasteiger partial charge in [0.25, 0.3) is 0 Å². The second-order valence-electron chi connectivity index (χ2n) is 3.51. The van der Waals surface area contributed by atoms with E-state index in [2.05, 4.69) is 16.9 Å². The zero-order valence-electron chi connectivity index (χ0n) is 9.83. The SMILES string of the molecule is C=CCCOCCNc1ncccc1C(F)(F)F. The number of anilines is 1. The zero-order chi connectivity index (χ0) is 13.4. The summed E-state index contributed by atoms with van der Waals surface area (Å²) < 4.78 is 43.0. The molecule has 1 rings (SSSR count). The lowest BCUT2D eigenvalue weighted by atomic mass is 10.2. The topological polar surface area (TPSA) is 34.1 Å². The molecule has 1 heterocycles. The Morgan fingerprint density at radius 3 is 2.83 bits per heavy atom. The highest BCUT2D eigenvalue weighted by atomic mass is 19.4. The first-order chi connectivity index (χ1) is 8.55. The van der Waals surface area contributed by atoms with Crippen LogP contribution in [0, 0.1) is 0 Å². The maximum absolute atomic E-state index is 12.6. The minimum atomic E-state index is -4.40. The Bertz CT molecular complexity index is 380. The molecule has 0 unspecified atom stereocenters. The van der Waals surface area contributed by atoms with Crippen LogP contribution < -0.4 is 5.32 Å². The van der Waals surface area contributed by atoms with Crippen LogP contribution in [0.2, 0.25) is 0 Å². The summed E-state index contributed by atoms with van der Waals surface area (Å²) in [5.41, 5.74) is -0.768. The number of nitrogens with zero attached hydrogens (tertiary/aromatic N) is 1. The molecule has 6 heteroatoms. The van der Waals surface area contributed by atoms with Crippen molar-refractivity contribution >= 4 is 5.82 Å². The Labute approximate surface area is 104 Å². The highest BCUT2D eigenvalue weighted by Crippen LogP contribution is 2.33. The second-order valence-corrected chi connectivity index (χ2v) is 3.51. The molecule has 0 fully saturated rings. The molecule has 18 heavy (non-hydrogen) atoms. The molecule has 0 aliphatic rings. The molecule has 0 amide bonds. The fraction of sp³-hybridized carbons (Fsp3) is 0.417. The second kappa shape index (κ2) is 7.00. The lowest BCUT2D eigenvalue weighted by Gasteiger charge is -2.13. The van der Waals surface area contributed by atoms with Crippen molar-refractivity contribution in [2.24, 2.45) is 0 Å². The van der Waals surface area contributed by atoms with Crippen LogP contribution in [0.25, 0.3) is 0 Å². The largest absolute Gasteiger partial charge is 0.419 e. The summed E-state index contributed by atoms with van der Waals surface area (Å²) in [7, 11) is 0. The third-order valence-electron chi connectivity index (χ3n) is 2.12. The Balaban J connectivity index is 2.45. The van der Waals surface area contributed by atoms with Gasteiger partial charge in [-0.15, -0.1) is 6.58 Å². The number of aromatic nitrogens is 1. The Hall–Kier alpha value is -1.56. The minimum absolute atomic E-state index is 0.169. The van der Waals surface area contributed by atoms with Crippen LogP contribution in [0.1, 0.15) is 12.0 Å². The summed E-state index contributed by atoms with van der Waals surface area (Å²) in [5.74, 6) is -0.169. The van der Waals surface area contributed by atoms with Crippen molar-refractivity contribution in [1.29, 1.82) is 0 Å². The number of hydrogen-bond donors (Lipinski definition) is 1. The summed E-state index contributed by atoms with van der Waals surface area (Å²) >= 11 is 0. The van der Waals surface area contributed by atoms with Crippen molar-refractivity contribution in [2.45, 2.75) is 12.6 Å². The summed E-state index contributed by atoms with van der Waals surface area (Å²) in [4.78, 5) is 3.68. The van der Waals surface area contributed by atoms with Crippen molar-refractivity contribution in [2.75, 3.05) is 25.1 Å². The van der Waals surface area contributed by atoms with E-state index < -0.39 is 11.7 Å². The summed E-state index contributed by atoms with van der Waals surface area (Å²) in [6.45, 7) is 4.64. The van der Waals surface area contributed by atoms with E-state index in [0.29, 0.717) is 13.2 Å². The van der Waals surface area contributed by atoms with Crippen molar-refractivity contribution in [3.63, 3.8) is 0 Å². The molecule has 0 atom stereocenters. The van der Waals surface area contributed by atoms with Gasteiger partial charge in [-0.05, 0) is 18.6 Å². The van der Waals surface area contributed by atoms with E-state index in [-0.39, 0.29) is 12.4 Å². The van der Waals surface area contributed by atoms with Crippen LogP contribution in [0.3, 0.4) is 0 Å². The van der Waals surface area contributed by atoms with E-state index >= 15 is 0 Å². The first kappa shape index (κ1) is 14.5. The maximum Gasteiger partial charge on any atom is 0.419 e. The van der Waals surface area contributed by atoms with Gasteiger partial charge in [0, 0.05) is 12.7 Å². The molecule has 100 valence electrons. The smallest absolute Gasteiger partial charge is 0.379 e. The molecule has 0 aliphatic heterocycles. The third kappa shape index (κ3) is 4.75. The molecular formula is C12H15F3N2O. The normalized spacial score (nSPS) is 11.3. The molecule has 0 spiro atoms. The van der Waals surface area contributed by atoms with Gasteiger partial charge in [-0.25, -0.2) is 4.98 Å². The van der Waals surface area contributed by atoms with Crippen molar-refractivity contribution in [3.05, 3.63) is 36.5 Å². The van der Waals surface area contributed by atoms with E-state index in [9.17, 15) is 13.2 Å². The monoisotopic (exact) mass is 260 g/mol. The van der Waals surface area contributed by atoms with Crippen molar-refractivity contribution in [1.82, 2.24) is 4.98 Å². The van der Waals surface area contributed by atoms with Gasteiger partial charge in [-0.1, -0.05) is 6.08 Å². The average molecular weight is 260 g/mol. The predicted molar refractivity (Wildman–Crippen MR) is 63.4 cm³/mol. The first-order valence-electron chi connectivity index (χ1n) is 5.50. The zero-order valence-corrected chi connectivity index (χ0v) is 9.83. The van der Waals surface area contributed by atoms with Gasteiger partial charge in [0.2, 0.25) is 0 Å². The standard InChI is InChI=1S/C12H15F3N2O/c1-2-3-8-18-9-7-17-11-10(12(13,14)15)5-4-6-16-11/h2,4-6H,1,3,7-9H2,(H,16,17). The molecule has 0 radical (unpaired) electrons. The van der Waals surface area contributed by atoms with E-state index in [1.807, 2.05) is 0 Å². The maximum atomic E-state index is 12.6. The van der Waals surface area contributed by atoms with E-state index in [1.165, 1.54) is 12.3 Å². The van der Waals surface area contributed by atoms with Crippen molar-refractivity contribution in [3.8, 4) is 0 Å². The predicted octanol–water partition coefficient (Wildman–Crippen LogP) is 3.11. The molecule has 1 N–H and O–H groups in total. The molecular weight excluding hydrogens is 245 g/mol. The Morgan fingerprint density at radius 1 is 1.39 bits per heavy atom. The number of alkyl halides is 3. The van der Waals surface area contributed by atoms with Gasteiger partial charge < -0.3 is 10.1 Å². The molecule has 1 aromatic rings. The fourth-order valence-electron chi connectivity index (χ4n) is 1.29. The Morgan fingerprint density at radius 2 is 2.17 bits per heavy atom. The molecule has 3 nitrogen and oxygen atoms in total. The number of halogens is 3. The molecule has 1 aromatic heterocycles. The lowest BCUT2D eigenvalue weighted by Crippen LogP contribution is -2.15. The highest BCUT2D eigenvalue weighted by Gasteiger charge is 2.33. The average Bonchev–Trinajstić information content (AvgIpc) is 2.33. The van der Waals surface area contributed by atoms with Crippen molar-refractivity contribution < 1.29 is 17.9 Å². The van der Waals surface area contributed by atoms with E-state index in [4.69, 9.17) is 4.74 Å². The number of nitrogens with one attached hydrogen (secondary N) is 1. The molecule has 0 aromatic carbocycles. The van der Waals surface area contributed by atoms with Crippen LogP contribution in [-0.4, -0.2) is 24.7 Å².